The van der Waals surface area contributed by atoms with Gasteiger partial charge in [-0.15, -0.1) is 0 Å². The Bertz CT molecular complexity index is 270. The summed E-state index contributed by atoms with van der Waals surface area (Å²) in [5.74, 6) is 3.20. The van der Waals surface area contributed by atoms with Crippen LogP contribution in [-0.4, -0.2) is 35.2 Å². The molecule has 2 aliphatic carbocycles. The number of aliphatic hydroxyl groups is 1. The number of hydrogen-bond acceptors (Lipinski definition) is 2. The van der Waals surface area contributed by atoms with Crippen LogP contribution in [0.1, 0.15) is 46.0 Å². The Morgan fingerprint density at radius 1 is 0.941 bits per heavy atom. The van der Waals surface area contributed by atoms with Crippen molar-refractivity contribution in [3.63, 3.8) is 0 Å². The van der Waals surface area contributed by atoms with E-state index in [1.165, 1.54) is 38.8 Å². The van der Waals surface area contributed by atoms with Gasteiger partial charge in [-0.2, -0.15) is 0 Å². The van der Waals surface area contributed by atoms with Crippen molar-refractivity contribution in [2.24, 2.45) is 23.7 Å². The second-order valence-electron chi connectivity index (χ2n) is 7.09. The summed E-state index contributed by atoms with van der Waals surface area (Å²) in [7, 11) is 0. The van der Waals surface area contributed by atoms with Gasteiger partial charge in [-0.1, -0.05) is 13.8 Å². The molecule has 1 aliphatic heterocycles. The summed E-state index contributed by atoms with van der Waals surface area (Å²) in [6, 6.07) is 0.812. The average molecular weight is 237 g/mol. The van der Waals surface area contributed by atoms with Crippen molar-refractivity contribution >= 4 is 0 Å². The van der Waals surface area contributed by atoms with Crippen molar-refractivity contribution in [1.82, 2.24) is 4.90 Å². The molecule has 1 saturated heterocycles. The molecule has 0 aromatic heterocycles. The maximum absolute atomic E-state index is 9.99. The van der Waals surface area contributed by atoms with E-state index < -0.39 is 0 Å². The molecule has 2 nitrogen and oxygen atoms in total. The third-order valence-electron chi connectivity index (χ3n) is 5.52. The summed E-state index contributed by atoms with van der Waals surface area (Å²) in [5, 5.41) is 9.99. The van der Waals surface area contributed by atoms with E-state index in [1.807, 2.05) is 0 Å². The number of fused-ring (bicyclic) bond motifs is 1. The molecule has 2 heteroatoms. The standard InChI is InChI=1S/C15H27NO/c1-10-5-11(2)7-13(6-10)16-8-12-3-4-15(17)14(12)9-16/h10-15,17H,3-9H2,1-2H3. The first kappa shape index (κ1) is 12.0. The highest BCUT2D eigenvalue weighted by Crippen LogP contribution is 2.41. The Kier molecular flexibility index (Phi) is 3.20. The van der Waals surface area contributed by atoms with Gasteiger partial charge in [-0.25, -0.2) is 0 Å². The highest BCUT2D eigenvalue weighted by molar-refractivity contribution is 4.96. The first-order valence-corrected chi connectivity index (χ1v) is 7.55. The van der Waals surface area contributed by atoms with Gasteiger partial charge in [0.1, 0.15) is 0 Å². The minimum atomic E-state index is 0.00318. The van der Waals surface area contributed by atoms with Crippen LogP contribution in [0.4, 0.5) is 0 Å². The van der Waals surface area contributed by atoms with E-state index in [2.05, 4.69) is 18.7 Å². The lowest BCUT2D eigenvalue weighted by Crippen LogP contribution is -2.40. The quantitative estimate of drug-likeness (QED) is 0.757. The predicted molar refractivity (Wildman–Crippen MR) is 69.8 cm³/mol. The average Bonchev–Trinajstić information content (AvgIpc) is 2.80. The van der Waals surface area contributed by atoms with Crippen molar-refractivity contribution in [2.75, 3.05) is 13.1 Å². The van der Waals surface area contributed by atoms with Crippen LogP contribution in [0.3, 0.4) is 0 Å². The molecule has 17 heavy (non-hydrogen) atoms. The summed E-state index contributed by atoms with van der Waals surface area (Å²) < 4.78 is 0. The molecular formula is C15H27NO. The van der Waals surface area contributed by atoms with E-state index in [1.54, 1.807) is 0 Å². The summed E-state index contributed by atoms with van der Waals surface area (Å²) >= 11 is 0. The zero-order valence-corrected chi connectivity index (χ0v) is 11.3. The zero-order chi connectivity index (χ0) is 12.0. The van der Waals surface area contributed by atoms with Gasteiger partial charge in [0.2, 0.25) is 0 Å². The Labute approximate surface area is 105 Å². The van der Waals surface area contributed by atoms with Gasteiger partial charge in [0, 0.05) is 25.0 Å². The summed E-state index contributed by atoms with van der Waals surface area (Å²) in [6.07, 6.45) is 6.52. The fraction of sp³-hybridized carbons (Fsp3) is 1.00. The van der Waals surface area contributed by atoms with Gasteiger partial charge < -0.3 is 5.11 Å². The first-order chi connectivity index (χ1) is 8.13. The maximum Gasteiger partial charge on any atom is 0.0583 e. The summed E-state index contributed by atoms with van der Waals surface area (Å²) in [5.41, 5.74) is 0. The topological polar surface area (TPSA) is 23.5 Å². The summed E-state index contributed by atoms with van der Waals surface area (Å²) in [6.45, 7) is 7.27. The lowest BCUT2D eigenvalue weighted by molar-refractivity contribution is 0.0960. The van der Waals surface area contributed by atoms with Crippen LogP contribution >= 0.6 is 0 Å². The highest BCUT2D eigenvalue weighted by Gasteiger charge is 2.44. The largest absolute Gasteiger partial charge is 0.393 e. The molecule has 0 bridgehead atoms. The molecule has 5 atom stereocenters. The molecular weight excluding hydrogens is 210 g/mol. The molecule has 0 aromatic carbocycles. The third-order valence-corrected chi connectivity index (χ3v) is 5.52. The van der Waals surface area contributed by atoms with Crippen LogP contribution in [0.15, 0.2) is 0 Å². The van der Waals surface area contributed by atoms with Crippen LogP contribution in [0.2, 0.25) is 0 Å². The van der Waals surface area contributed by atoms with Crippen LogP contribution in [-0.2, 0) is 0 Å². The Hall–Kier alpha value is -0.0800. The third kappa shape index (κ3) is 2.26. The molecule has 0 radical (unpaired) electrons. The fourth-order valence-electron chi connectivity index (χ4n) is 4.77. The van der Waals surface area contributed by atoms with Gasteiger partial charge >= 0.3 is 0 Å². The van der Waals surface area contributed by atoms with Crippen molar-refractivity contribution in [1.29, 1.82) is 0 Å². The number of rotatable bonds is 1. The van der Waals surface area contributed by atoms with Crippen molar-refractivity contribution in [3.05, 3.63) is 0 Å². The SMILES string of the molecule is CC1CC(C)CC(N2CC3CCC(O)C3C2)C1. The monoisotopic (exact) mass is 237 g/mol. The Morgan fingerprint density at radius 2 is 1.65 bits per heavy atom. The molecule has 0 aromatic rings. The second-order valence-corrected chi connectivity index (χ2v) is 7.09. The molecule has 1 heterocycles. The molecule has 5 unspecified atom stereocenters. The van der Waals surface area contributed by atoms with Crippen LogP contribution in [0.5, 0.6) is 0 Å². The van der Waals surface area contributed by atoms with Crippen LogP contribution in [0.25, 0.3) is 0 Å². The smallest absolute Gasteiger partial charge is 0.0583 e. The molecule has 3 fully saturated rings. The lowest BCUT2D eigenvalue weighted by atomic mass is 9.80. The first-order valence-electron chi connectivity index (χ1n) is 7.55. The van der Waals surface area contributed by atoms with E-state index in [4.69, 9.17) is 0 Å². The van der Waals surface area contributed by atoms with E-state index in [9.17, 15) is 5.11 Å². The Morgan fingerprint density at radius 3 is 2.29 bits per heavy atom. The van der Waals surface area contributed by atoms with Crippen molar-refractivity contribution < 1.29 is 5.11 Å². The maximum atomic E-state index is 9.99. The lowest BCUT2D eigenvalue weighted by Gasteiger charge is -2.37. The number of aliphatic hydroxyl groups excluding tert-OH is 1. The summed E-state index contributed by atoms with van der Waals surface area (Å²) in [4.78, 5) is 2.71. The fourth-order valence-corrected chi connectivity index (χ4v) is 4.77. The van der Waals surface area contributed by atoms with E-state index >= 15 is 0 Å². The normalized spacial score (nSPS) is 51.7. The molecule has 3 aliphatic rings. The number of likely N-dealkylation sites (tertiary alicyclic amines) is 1. The number of nitrogens with zero attached hydrogens (tertiary/aromatic N) is 1. The van der Waals surface area contributed by atoms with E-state index in [-0.39, 0.29) is 6.10 Å². The highest BCUT2D eigenvalue weighted by atomic mass is 16.3. The van der Waals surface area contributed by atoms with Crippen molar-refractivity contribution in [3.8, 4) is 0 Å². The minimum absolute atomic E-state index is 0.00318. The van der Waals surface area contributed by atoms with Gasteiger partial charge in [0.25, 0.3) is 0 Å². The van der Waals surface area contributed by atoms with Gasteiger partial charge in [0.15, 0.2) is 0 Å². The molecule has 2 saturated carbocycles. The van der Waals surface area contributed by atoms with E-state index in [0.29, 0.717) is 5.92 Å². The number of hydrogen-bond donors (Lipinski definition) is 1. The predicted octanol–water partition coefficient (Wildman–Crippen LogP) is 2.51. The Balaban J connectivity index is 1.62. The van der Waals surface area contributed by atoms with E-state index in [0.717, 1.165) is 30.2 Å². The molecule has 98 valence electrons. The van der Waals surface area contributed by atoms with Gasteiger partial charge in [-0.05, 0) is 49.9 Å². The zero-order valence-electron chi connectivity index (χ0n) is 11.3. The minimum Gasteiger partial charge on any atom is -0.393 e. The van der Waals surface area contributed by atoms with Gasteiger partial charge in [-0.3, -0.25) is 4.90 Å². The van der Waals surface area contributed by atoms with Crippen LogP contribution in [0, 0.1) is 23.7 Å². The molecule has 0 amide bonds. The van der Waals surface area contributed by atoms with Gasteiger partial charge in [0.05, 0.1) is 6.10 Å². The molecule has 3 rings (SSSR count). The molecule has 0 spiro atoms. The van der Waals surface area contributed by atoms with Crippen LogP contribution < -0.4 is 0 Å². The van der Waals surface area contributed by atoms with Crippen molar-refractivity contribution in [2.45, 2.75) is 58.1 Å². The molecule has 1 N–H and O–H groups in total. The second kappa shape index (κ2) is 4.55.